The van der Waals surface area contributed by atoms with Gasteiger partial charge in [0.05, 0.1) is 11.1 Å². The first-order valence-electron chi connectivity index (χ1n) is 7.78. The van der Waals surface area contributed by atoms with Crippen LogP contribution in [0.3, 0.4) is 0 Å². The molecule has 0 bridgehead atoms. The Morgan fingerprint density at radius 3 is 2.67 bits per heavy atom. The second kappa shape index (κ2) is 6.70. The second-order valence-corrected chi connectivity index (χ2v) is 5.70. The van der Waals surface area contributed by atoms with Crippen molar-refractivity contribution in [3.8, 4) is 0 Å². The van der Waals surface area contributed by atoms with Gasteiger partial charge in [-0.1, -0.05) is 27.7 Å². The lowest BCUT2D eigenvalue weighted by molar-refractivity contribution is 0.0955. The molecular weight excluding hydrogens is 260 g/mol. The van der Waals surface area contributed by atoms with Crippen molar-refractivity contribution < 1.29 is 4.79 Å². The molecule has 3 nitrogen and oxygen atoms in total. The number of hydrogen-bond acceptors (Lipinski definition) is 2. The van der Waals surface area contributed by atoms with E-state index in [2.05, 4.69) is 50.1 Å². The molecule has 2 rings (SSSR count). The number of hydrogen-bond donors (Lipinski definition) is 1. The average Bonchev–Trinajstić information content (AvgIpc) is 2.50. The van der Waals surface area contributed by atoms with E-state index in [-0.39, 0.29) is 5.91 Å². The summed E-state index contributed by atoms with van der Waals surface area (Å²) >= 11 is 0. The van der Waals surface area contributed by atoms with Gasteiger partial charge in [0.1, 0.15) is 0 Å². The Balaban J connectivity index is 2.63. The number of pyridine rings is 1. The number of nitrogens with zero attached hydrogens (tertiary/aromatic N) is 1. The van der Waals surface area contributed by atoms with Gasteiger partial charge in [-0.2, -0.15) is 0 Å². The van der Waals surface area contributed by atoms with Crippen molar-refractivity contribution in [2.75, 3.05) is 6.54 Å². The fourth-order valence-corrected chi connectivity index (χ4v) is 2.55. The minimum absolute atomic E-state index is 0.0226. The molecule has 1 heterocycles. The number of aromatic nitrogens is 1. The SMILES string of the molecule is CCCNC(=O)c1cc(CC)cc2c(C(C)C)ccnc12. The highest BCUT2D eigenvalue weighted by Gasteiger charge is 2.15. The summed E-state index contributed by atoms with van der Waals surface area (Å²) in [4.78, 5) is 16.9. The Bertz CT molecular complexity index is 647. The van der Waals surface area contributed by atoms with E-state index in [4.69, 9.17) is 0 Å². The van der Waals surface area contributed by atoms with Crippen LogP contribution in [-0.2, 0) is 6.42 Å². The minimum Gasteiger partial charge on any atom is -0.352 e. The van der Waals surface area contributed by atoms with Crippen molar-refractivity contribution in [1.82, 2.24) is 10.3 Å². The van der Waals surface area contributed by atoms with Gasteiger partial charge in [-0.05, 0) is 48.1 Å². The van der Waals surface area contributed by atoms with Crippen LogP contribution in [0.1, 0.15) is 61.5 Å². The zero-order valence-electron chi connectivity index (χ0n) is 13.4. The molecule has 1 aromatic carbocycles. The van der Waals surface area contributed by atoms with Gasteiger partial charge in [-0.25, -0.2) is 0 Å². The Morgan fingerprint density at radius 1 is 1.29 bits per heavy atom. The molecule has 0 aliphatic rings. The number of aryl methyl sites for hydroxylation is 1. The first-order valence-corrected chi connectivity index (χ1v) is 7.78. The molecule has 0 aliphatic heterocycles. The van der Waals surface area contributed by atoms with Crippen LogP contribution in [0.15, 0.2) is 24.4 Å². The number of amides is 1. The number of carbonyl (C=O) groups is 1. The Kier molecular flexibility index (Phi) is 4.94. The van der Waals surface area contributed by atoms with E-state index in [1.165, 1.54) is 11.1 Å². The van der Waals surface area contributed by atoms with Crippen LogP contribution in [0, 0.1) is 0 Å². The monoisotopic (exact) mass is 284 g/mol. The smallest absolute Gasteiger partial charge is 0.253 e. The maximum absolute atomic E-state index is 12.4. The predicted molar refractivity (Wildman–Crippen MR) is 87.8 cm³/mol. The first kappa shape index (κ1) is 15.5. The summed E-state index contributed by atoms with van der Waals surface area (Å²) in [5.74, 6) is 0.389. The lowest BCUT2D eigenvalue weighted by Crippen LogP contribution is -2.24. The van der Waals surface area contributed by atoms with Crippen molar-refractivity contribution in [1.29, 1.82) is 0 Å². The maximum Gasteiger partial charge on any atom is 0.253 e. The molecule has 0 radical (unpaired) electrons. The third-order valence-corrected chi connectivity index (χ3v) is 3.75. The van der Waals surface area contributed by atoms with Crippen molar-refractivity contribution in [2.24, 2.45) is 0 Å². The summed E-state index contributed by atoms with van der Waals surface area (Å²) in [6, 6.07) is 6.21. The molecule has 0 saturated heterocycles. The van der Waals surface area contributed by atoms with Crippen molar-refractivity contribution in [3.63, 3.8) is 0 Å². The van der Waals surface area contributed by atoms with Crippen LogP contribution >= 0.6 is 0 Å². The van der Waals surface area contributed by atoms with Gasteiger partial charge in [0.2, 0.25) is 0 Å². The zero-order valence-corrected chi connectivity index (χ0v) is 13.4. The van der Waals surface area contributed by atoms with Crippen LogP contribution in [0.4, 0.5) is 0 Å². The maximum atomic E-state index is 12.4. The fourth-order valence-electron chi connectivity index (χ4n) is 2.55. The molecule has 0 unspecified atom stereocenters. The topological polar surface area (TPSA) is 42.0 Å². The molecule has 112 valence electrons. The fraction of sp³-hybridized carbons (Fsp3) is 0.444. The van der Waals surface area contributed by atoms with E-state index in [9.17, 15) is 4.79 Å². The number of rotatable bonds is 5. The third-order valence-electron chi connectivity index (χ3n) is 3.75. The normalized spacial score (nSPS) is 11.1. The standard InChI is InChI=1S/C18H24N2O/c1-5-8-20-18(21)16-11-13(6-2)10-15-14(12(3)4)7-9-19-17(15)16/h7,9-12H,5-6,8H2,1-4H3,(H,20,21). The molecule has 0 saturated carbocycles. The van der Waals surface area contributed by atoms with Crippen LogP contribution < -0.4 is 5.32 Å². The van der Waals surface area contributed by atoms with Crippen molar-refractivity contribution in [3.05, 3.63) is 41.1 Å². The summed E-state index contributed by atoms with van der Waals surface area (Å²) in [6.07, 6.45) is 3.65. The first-order chi connectivity index (χ1) is 10.1. The summed E-state index contributed by atoms with van der Waals surface area (Å²) < 4.78 is 0. The minimum atomic E-state index is -0.0226. The highest BCUT2D eigenvalue weighted by atomic mass is 16.1. The van der Waals surface area contributed by atoms with Crippen LogP contribution in [0.25, 0.3) is 10.9 Å². The number of nitrogens with one attached hydrogen (secondary N) is 1. The van der Waals surface area contributed by atoms with Gasteiger partial charge in [0.15, 0.2) is 0 Å². The Morgan fingerprint density at radius 2 is 2.05 bits per heavy atom. The molecule has 0 aliphatic carbocycles. The van der Waals surface area contributed by atoms with E-state index in [1.54, 1.807) is 6.20 Å². The van der Waals surface area contributed by atoms with Crippen molar-refractivity contribution >= 4 is 16.8 Å². The molecule has 3 heteroatoms. The molecular formula is C18H24N2O. The summed E-state index contributed by atoms with van der Waals surface area (Å²) in [5.41, 5.74) is 3.94. The molecule has 1 aromatic heterocycles. The van der Waals surface area contributed by atoms with Gasteiger partial charge in [0.25, 0.3) is 5.91 Å². The third kappa shape index (κ3) is 3.23. The zero-order chi connectivity index (χ0) is 15.4. The highest BCUT2D eigenvalue weighted by molar-refractivity contribution is 6.06. The van der Waals surface area contributed by atoms with E-state index < -0.39 is 0 Å². The molecule has 1 N–H and O–H groups in total. The van der Waals surface area contributed by atoms with Gasteiger partial charge < -0.3 is 5.32 Å². The number of carbonyl (C=O) groups excluding carboxylic acids is 1. The number of benzene rings is 1. The lowest BCUT2D eigenvalue weighted by Gasteiger charge is -2.14. The molecule has 21 heavy (non-hydrogen) atoms. The highest BCUT2D eigenvalue weighted by Crippen LogP contribution is 2.27. The van der Waals surface area contributed by atoms with Crippen LogP contribution in [0.2, 0.25) is 0 Å². The van der Waals surface area contributed by atoms with Crippen LogP contribution in [0.5, 0.6) is 0 Å². The molecule has 2 aromatic rings. The quantitative estimate of drug-likeness (QED) is 0.899. The van der Waals surface area contributed by atoms with Gasteiger partial charge >= 0.3 is 0 Å². The Hall–Kier alpha value is -1.90. The van der Waals surface area contributed by atoms with Gasteiger partial charge in [-0.3, -0.25) is 9.78 Å². The molecule has 1 amide bonds. The van der Waals surface area contributed by atoms with Crippen LogP contribution in [-0.4, -0.2) is 17.4 Å². The summed E-state index contributed by atoms with van der Waals surface area (Å²) in [5, 5.41) is 4.07. The second-order valence-electron chi connectivity index (χ2n) is 5.70. The predicted octanol–water partition coefficient (Wildman–Crippen LogP) is 4.06. The van der Waals surface area contributed by atoms with E-state index in [1.807, 2.05) is 6.07 Å². The average molecular weight is 284 g/mol. The van der Waals surface area contributed by atoms with Crippen molar-refractivity contribution in [2.45, 2.75) is 46.5 Å². The summed E-state index contributed by atoms with van der Waals surface area (Å²) in [6.45, 7) is 9.20. The summed E-state index contributed by atoms with van der Waals surface area (Å²) in [7, 11) is 0. The van der Waals surface area contributed by atoms with E-state index in [0.29, 0.717) is 18.0 Å². The van der Waals surface area contributed by atoms with E-state index in [0.717, 1.165) is 23.7 Å². The largest absolute Gasteiger partial charge is 0.352 e. The molecule has 0 atom stereocenters. The Labute approximate surface area is 126 Å². The molecule has 0 fully saturated rings. The van der Waals surface area contributed by atoms with E-state index >= 15 is 0 Å². The molecule has 0 spiro atoms. The van der Waals surface area contributed by atoms with Gasteiger partial charge in [0, 0.05) is 18.1 Å². The lowest BCUT2D eigenvalue weighted by atomic mass is 9.94. The van der Waals surface area contributed by atoms with Gasteiger partial charge in [-0.15, -0.1) is 0 Å². The number of fused-ring (bicyclic) bond motifs is 1.